The molecule has 1 aromatic carbocycles. The third kappa shape index (κ3) is 5.82. The van der Waals surface area contributed by atoms with Crippen LogP contribution in [0.4, 0.5) is 11.5 Å². The van der Waals surface area contributed by atoms with E-state index < -0.39 is 0 Å². The average molecular weight is 414 g/mol. The number of anilines is 2. The van der Waals surface area contributed by atoms with Crippen LogP contribution in [0, 0.1) is 6.92 Å². The highest BCUT2D eigenvalue weighted by Crippen LogP contribution is 2.16. The van der Waals surface area contributed by atoms with Crippen LogP contribution in [-0.2, 0) is 4.79 Å². The molecule has 0 radical (unpaired) electrons. The van der Waals surface area contributed by atoms with Crippen LogP contribution < -0.4 is 10.2 Å². The summed E-state index contributed by atoms with van der Waals surface area (Å²) in [6.45, 7) is 7.77. The summed E-state index contributed by atoms with van der Waals surface area (Å²) >= 11 is 0. The molecule has 8 nitrogen and oxygen atoms in total. The van der Waals surface area contributed by atoms with Gasteiger partial charge in [-0.3, -0.25) is 14.5 Å². The first kappa shape index (κ1) is 21.8. The number of hydrogen-bond donors (Lipinski definition) is 1. The maximum absolute atomic E-state index is 12.8. The number of carbonyl (C=O) groups excluding carboxylic acids is 2. The Labute approximate surface area is 177 Å². The van der Waals surface area contributed by atoms with E-state index in [9.17, 15) is 9.59 Å². The second-order valence-corrected chi connectivity index (χ2v) is 7.76. The van der Waals surface area contributed by atoms with Crippen molar-refractivity contribution in [2.24, 2.45) is 0 Å². The van der Waals surface area contributed by atoms with Crippen molar-refractivity contribution in [3.05, 3.63) is 41.7 Å². The molecule has 0 bridgehead atoms. The molecule has 3 rings (SSSR count). The van der Waals surface area contributed by atoms with Gasteiger partial charge >= 0.3 is 0 Å². The van der Waals surface area contributed by atoms with Crippen LogP contribution in [0.3, 0.4) is 0 Å². The highest BCUT2D eigenvalue weighted by atomic mass is 16.5. The van der Waals surface area contributed by atoms with Gasteiger partial charge in [0, 0.05) is 57.1 Å². The lowest BCUT2D eigenvalue weighted by Gasteiger charge is -2.34. The van der Waals surface area contributed by atoms with Gasteiger partial charge in [-0.1, -0.05) is 18.5 Å². The van der Waals surface area contributed by atoms with Gasteiger partial charge in [0.1, 0.15) is 5.76 Å². The fourth-order valence-electron chi connectivity index (χ4n) is 3.49. The van der Waals surface area contributed by atoms with Crippen molar-refractivity contribution in [3.63, 3.8) is 0 Å². The van der Waals surface area contributed by atoms with Crippen LogP contribution in [0.15, 0.2) is 34.9 Å². The van der Waals surface area contributed by atoms with Gasteiger partial charge in [-0.2, -0.15) is 0 Å². The van der Waals surface area contributed by atoms with Crippen molar-refractivity contribution in [1.29, 1.82) is 0 Å². The molecule has 1 N–H and O–H groups in total. The van der Waals surface area contributed by atoms with Crippen molar-refractivity contribution < 1.29 is 14.1 Å². The number of amides is 2. The monoisotopic (exact) mass is 413 g/mol. The molecule has 2 heterocycles. The predicted octanol–water partition coefficient (Wildman–Crippen LogP) is 2.62. The van der Waals surface area contributed by atoms with Crippen LogP contribution in [-0.4, -0.2) is 73.1 Å². The van der Waals surface area contributed by atoms with Crippen LogP contribution in [0.1, 0.15) is 35.9 Å². The highest BCUT2D eigenvalue weighted by Gasteiger charge is 2.23. The Kier molecular flexibility index (Phi) is 7.46. The van der Waals surface area contributed by atoms with Gasteiger partial charge in [0.15, 0.2) is 5.82 Å². The van der Waals surface area contributed by atoms with Gasteiger partial charge in [-0.05, 0) is 37.6 Å². The number of nitrogens with zero attached hydrogens (tertiary/aromatic N) is 4. The highest BCUT2D eigenvalue weighted by molar-refractivity contribution is 5.94. The fraction of sp³-hybridized carbons (Fsp3) is 0.500. The quantitative estimate of drug-likeness (QED) is 0.716. The Morgan fingerprint density at radius 3 is 2.47 bits per heavy atom. The summed E-state index contributed by atoms with van der Waals surface area (Å²) in [6, 6.07) is 9.51. The molecule has 2 amide bonds. The fourth-order valence-corrected chi connectivity index (χ4v) is 3.49. The molecule has 1 saturated heterocycles. The zero-order chi connectivity index (χ0) is 21.5. The van der Waals surface area contributed by atoms with E-state index in [0.29, 0.717) is 43.3 Å². The molecule has 30 heavy (non-hydrogen) atoms. The average Bonchev–Trinajstić information content (AvgIpc) is 3.16. The van der Waals surface area contributed by atoms with Crippen LogP contribution >= 0.6 is 0 Å². The smallest absolute Gasteiger partial charge is 0.253 e. The van der Waals surface area contributed by atoms with Crippen LogP contribution in [0.25, 0.3) is 0 Å². The Morgan fingerprint density at radius 1 is 1.17 bits per heavy atom. The lowest BCUT2D eigenvalue weighted by Crippen LogP contribution is -2.50. The Morgan fingerprint density at radius 2 is 1.87 bits per heavy atom. The summed E-state index contributed by atoms with van der Waals surface area (Å²) in [4.78, 5) is 31.1. The van der Waals surface area contributed by atoms with Gasteiger partial charge in [0.05, 0.1) is 6.54 Å². The molecular formula is C22H31N5O3. The summed E-state index contributed by atoms with van der Waals surface area (Å²) < 4.78 is 4.95. The van der Waals surface area contributed by atoms with E-state index in [0.717, 1.165) is 25.1 Å². The standard InChI is InChI=1S/C22H31N5O3/c1-4-5-10-25(3)19-8-6-18(7-9-19)22(29)27-13-11-26(12-14-27)16-21(28)23-20-15-17(2)30-24-20/h6-9,15H,4-5,10-14,16H2,1-3H3,(H,23,24,28). The molecule has 0 saturated carbocycles. The molecule has 0 unspecified atom stereocenters. The second kappa shape index (κ2) is 10.2. The van der Waals surface area contributed by atoms with Gasteiger partial charge in [0.2, 0.25) is 5.91 Å². The first-order valence-corrected chi connectivity index (χ1v) is 10.5. The second-order valence-electron chi connectivity index (χ2n) is 7.76. The van der Waals surface area contributed by atoms with Crippen molar-refractivity contribution in [2.45, 2.75) is 26.7 Å². The lowest BCUT2D eigenvalue weighted by molar-refractivity contribution is -0.117. The zero-order valence-electron chi connectivity index (χ0n) is 18.1. The zero-order valence-corrected chi connectivity index (χ0v) is 18.1. The van der Waals surface area contributed by atoms with Gasteiger partial charge in [-0.25, -0.2) is 0 Å². The van der Waals surface area contributed by atoms with Crippen LogP contribution in [0.2, 0.25) is 0 Å². The first-order chi connectivity index (χ1) is 14.5. The summed E-state index contributed by atoms with van der Waals surface area (Å²) in [7, 11) is 2.08. The molecule has 1 fully saturated rings. The molecule has 0 spiro atoms. The Balaban J connectivity index is 1.46. The van der Waals surface area contributed by atoms with Gasteiger partial charge < -0.3 is 19.6 Å². The van der Waals surface area contributed by atoms with E-state index in [-0.39, 0.29) is 18.4 Å². The van der Waals surface area contributed by atoms with Crippen molar-refractivity contribution in [2.75, 3.05) is 56.5 Å². The van der Waals surface area contributed by atoms with Crippen molar-refractivity contribution in [1.82, 2.24) is 15.0 Å². The van der Waals surface area contributed by atoms with Crippen molar-refractivity contribution in [3.8, 4) is 0 Å². The largest absolute Gasteiger partial charge is 0.375 e. The number of rotatable bonds is 8. The van der Waals surface area contributed by atoms with E-state index in [1.54, 1.807) is 13.0 Å². The molecular weight excluding hydrogens is 382 g/mol. The SMILES string of the molecule is CCCCN(C)c1ccc(C(=O)N2CCN(CC(=O)Nc3cc(C)on3)CC2)cc1. The number of carbonyl (C=O) groups is 2. The summed E-state index contributed by atoms with van der Waals surface area (Å²) in [5.74, 6) is 0.985. The number of aromatic nitrogens is 1. The Bertz CT molecular complexity index is 841. The third-order valence-corrected chi connectivity index (χ3v) is 5.32. The number of hydrogen-bond acceptors (Lipinski definition) is 6. The molecule has 1 aromatic heterocycles. The third-order valence-electron chi connectivity index (χ3n) is 5.32. The van der Waals surface area contributed by atoms with Crippen LogP contribution in [0.5, 0.6) is 0 Å². The summed E-state index contributed by atoms with van der Waals surface area (Å²) in [5.41, 5.74) is 1.83. The van der Waals surface area contributed by atoms with Crippen molar-refractivity contribution >= 4 is 23.3 Å². The number of piperazine rings is 1. The normalized spacial score (nSPS) is 14.6. The maximum atomic E-state index is 12.8. The predicted molar refractivity (Wildman–Crippen MR) is 117 cm³/mol. The van der Waals surface area contributed by atoms with E-state index in [1.807, 2.05) is 34.1 Å². The molecule has 1 aliphatic heterocycles. The van der Waals surface area contributed by atoms with E-state index in [1.165, 1.54) is 0 Å². The minimum atomic E-state index is -0.133. The topological polar surface area (TPSA) is 81.9 Å². The van der Waals surface area contributed by atoms with E-state index >= 15 is 0 Å². The van der Waals surface area contributed by atoms with E-state index in [4.69, 9.17) is 4.52 Å². The Hall–Kier alpha value is -2.87. The molecule has 0 atom stereocenters. The van der Waals surface area contributed by atoms with Gasteiger partial charge in [-0.15, -0.1) is 0 Å². The van der Waals surface area contributed by atoms with Gasteiger partial charge in [0.25, 0.3) is 5.91 Å². The maximum Gasteiger partial charge on any atom is 0.253 e. The number of nitrogens with one attached hydrogen (secondary N) is 1. The molecule has 1 aliphatic rings. The lowest BCUT2D eigenvalue weighted by atomic mass is 10.1. The molecule has 2 aromatic rings. The molecule has 0 aliphatic carbocycles. The molecule has 162 valence electrons. The number of unbranched alkanes of at least 4 members (excludes halogenated alkanes) is 1. The minimum Gasteiger partial charge on any atom is -0.375 e. The molecule has 8 heteroatoms. The van der Waals surface area contributed by atoms with E-state index in [2.05, 4.69) is 29.3 Å². The minimum absolute atomic E-state index is 0.0416. The summed E-state index contributed by atoms with van der Waals surface area (Å²) in [6.07, 6.45) is 2.31. The summed E-state index contributed by atoms with van der Waals surface area (Å²) in [5, 5.41) is 6.49. The number of benzene rings is 1. The number of aryl methyl sites for hydroxylation is 1. The first-order valence-electron chi connectivity index (χ1n) is 10.5.